The van der Waals surface area contributed by atoms with Gasteiger partial charge in [-0.05, 0) is 47.8 Å². The minimum Gasteiger partial charge on any atom is -0.453 e. The van der Waals surface area contributed by atoms with Gasteiger partial charge in [-0.25, -0.2) is 19.6 Å². The van der Waals surface area contributed by atoms with E-state index in [0.29, 0.717) is 46.6 Å². The fourth-order valence-corrected chi connectivity index (χ4v) is 11.7. The first-order valence-corrected chi connectivity index (χ1v) is 23.8. The lowest BCUT2D eigenvalue weighted by atomic mass is 10.0. The van der Waals surface area contributed by atoms with Crippen LogP contribution >= 0.6 is 11.6 Å². The largest absolute Gasteiger partial charge is 0.453 e. The van der Waals surface area contributed by atoms with E-state index in [1.165, 1.54) is 14.2 Å². The van der Waals surface area contributed by atoms with E-state index in [1.807, 2.05) is 81.1 Å². The Bertz CT molecular complexity index is 2230. The van der Waals surface area contributed by atoms with Crippen LogP contribution in [0.3, 0.4) is 0 Å². The van der Waals surface area contributed by atoms with Crippen molar-refractivity contribution in [2.45, 2.75) is 89.9 Å². The molecule has 4 heterocycles. The number of aromatic nitrogens is 4. The molecule has 0 radical (unpaired) electrons. The van der Waals surface area contributed by atoms with E-state index in [-0.39, 0.29) is 41.4 Å². The number of likely N-dealkylation sites (tertiary alicyclic amines) is 1. The van der Waals surface area contributed by atoms with Crippen LogP contribution in [0, 0.1) is 23.7 Å². The van der Waals surface area contributed by atoms with Crippen molar-refractivity contribution in [2.24, 2.45) is 17.8 Å². The molecule has 17 heteroatoms. The standard InChI is InChI=1S/C42H52ClFN8O6Si/c1-21(2)31(47-41(55)57-5)39(53)51-20-59(7,8)19-30(51)38-45-33(35(43)49-38)25-13-9-23(10-14-25)24-11-15-26(16-12-24)34-36(44)50-37(46-34)29-18-27-17-28(27)52(29)40(54)32(22(3)4)48-42(56)58-6/h9-16,21-22,27-32H,17-20H2,1-8H3,(H,45,49)(H,46,50)(H,47,55)(H,48,56)/t27-,28-,29+,30+,31+,32+/m1/s1. The van der Waals surface area contributed by atoms with E-state index in [4.69, 9.17) is 26.1 Å². The summed E-state index contributed by atoms with van der Waals surface area (Å²) in [5, 5.41) is 5.67. The van der Waals surface area contributed by atoms with Crippen LogP contribution in [0.25, 0.3) is 33.6 Å². The number of hydrogen-bond acceptors (Lipinski definition) is 8. The average Bonchev–Trinajstić information content (AvgIpc) is 3.49. The molecule has 2 aromatic heterocycles. The van der Waals surface area contributed by atoms with E-state index in [0.717, 1.165) is 29.2 Å². The Morgan fingerprint density at radius 2 is 1.25 bits per heavy atom. The molecule has 2 aliphatic heterocycles. The van der Waals surface area contributed by atoms with Gasteiger partial charge in [0.2, 0.25) is 17.8 Å². The number of imidazole rings is 2. The number of halogens is 2. The summed E-state index contributed by atoms with van der Waals surface area (Å²) in [5.74, 6) is -0.0977. The van der Waals surface area contributed by atoms with Gasteiger partial charge in [0.25, 0.3) is 0 Å². The zero-order valence-electron chi connectivity index (χ0n) is 34.6. The third kappa shape index (κ3) is 8.47. The first-order chi connectivity index (χ1) is 28.0. The lowest BCUT2D eigenvalue weighted by Gasteiger charge is -2.31. The number of fused-ring (bicyclic) bond motifs is 1. The fraction of sp³-hybridized carbons (Fsp3) is 0.476. The van der Waals surface area contributed by atoms with E-state index >= 15 is 4.39 Å². The van der Waals surface area contributed by atoms with Crippen molar-refractivity contribution in [3.05, 3.63) is 71.3 Å². The predicted molar refractivity (Wildman–Crippen MR) is 223 cm³/mol. The highest BCUT2D eigenvalue weighted by Gasteiger charge is 2.56. The van der Waals surface area contributed by atoms with Gasteiger partial charge in [-0.15, -0.1) is 0 Å². The SMILES string of the molecule is COC(=O)N[C@H](C(=O)N1C[Si](C)(C)C[C@H]1c1nc(Cl)c(-c2ccc(-c3ccc(-c4[nH]c([C@@H]5C[C@H]6C[C@H]6N5C(=O)[C@@H](NC(=O)OC)C(C)C)nc4F)cc3)cc2)[nH]1)C(C)C. The van der Waals surface area contributed by atoms with E-state index in [2.05, 4.69) is 38.7 Å². The number of benzene rings is 2. The summed E-state index contributed by atoms with van der Waals surface area (Å²) in [6.45, 7) is 12.0. The molecular formula is C42H52ClFN8O6Si. The number of hydrogen-bond donors (Lipinski definition) is 4. The summed E-state index contributed by atoms with van der Waals surface area (Å²) in [6, 6.07) is 13.9. The predicted octanol–water partition coefficient (Wildman–Crippen LogP) is 7.48. The monoisotopic (exact) mass is 846 g/mol. The number of carbonyl (C=O) groups excluding carboxylic acids is 4. The number of piperidine rings is 1. The second-order valence-electron chi connectivity index (χ2n) is 17.4. The molecule has 3 aliphatic rings. The first-order valence-electron chi connectivity index (χ1n) is 20.0. The van der Waals surface area contributed by atoms with Crippen LogP contribution < -0.4 is 10.6 Å². The maximum absolute atomic E-state index is 15.5. The summed E-state index contributed by atoms with van der Waals surface area (Å²) in [7, 11) is 0.708. The molecule has 1 saturated carbocycles. The van der Waals surface area contributed by atoms with Crippen LogP contribution in [0.4, 0.5) is 14.0 Å². The quantitative estimate of drug-likeness (QED) is 0.112. The number of H-pyrrole nitrogens is 2. The summed E-state index contributed by atoms with van der Waals surface area (Å²) in [5.41, 5.74) is 4.15. The Balaban J connectivity index is 1.06. The Hall–Kier alpha value is -5.22. The van der Waals surface area contributed by atoms with Crippen LogP contribution in [0.5, 0.6) is 0 Å². The summed E-state index contributed by atoms with van der Waals surface area (Å²) >= 11 is 6.74. The number of nitrogens with one attached hydrogen (secondary N) is 4. The van der Waals surface area contributed by atoms with Crippen molar-refractivity contribution in [3.8, 4) is 33.6 Å². The van der Waals surface area contributed by atoms with Crippen LogP contribution in [0.15, 0.2) is 48.5 Å². The number of ether oxygens (including phenoxy) is 2. The van der Waals surface area contributed by atoms with Crippen LogP contribution in [0.2, 0.25) is 24.3 Å². The molecule has 2 saturated heterocycles. The molecule has 314 valence electrons. The lowest BCUT2D eigenvalue weighted by molar-refractivity contribution is -0.137. The minimum atomic E-state index is -1.83. The number of amides is 4. The van der Waals surface area contributed by atoms with Crippen molar-refractivity contribution in [1.29, 1.82) is 0 Å². The highest BCUT2D eigenvalue weighted by Crippen LogP contribution is 2.53. The molecule has 4 N–H and O–H groups in total. The van der Waals surface area contributed by atoms with Crippen LogP contribution in [-0.2, 0) is 19.1 Å². The number of carbonyl (C=O) groups is 4. The first kappa shape index (κ1) is 41.9. The third-order valence-electron chi connectivity index (χ3n) is 11.8. The number of methoxy groups -OCH3 is 2. The molecule has 0 unspecified atom stereocenters. The van der Waals surface area contributed by atoms with Gasteiger partial charge in [0.05, 0.1) is 40.1 Å². The van der Waals surface area contributed by atoms with Gasteiger partial charge in [-0.1, -0.05) is 101 Å². The van der Waals surface area contributed by atoms with Crippen molar-refractivity contribution >= 4 is 43.7 Å². The fourth-order valence-electron chi connectivity index (χ4n) is 8.60. The maximum Gasteiger partial charge on any atom is 0.407 e. The minimum absolute atomic E-state index is 0.0323. The molecule has 2 aromatic carbocycles. The average molecular weight is 847 g/mol. The van der Waals surface area contributed by atoms with Crippen LogP contribution in [0.1, 0.15) is 64.3 Å². The number of rotatable bonds is 11. The molecule has 0 spiro atoms. The Labute approximate surface area is 349 Å². The van der Waals surface area contributed by atoms with Gasteiger partial charge in [0.1, 0.15) is 29.4 Å². The Morgan fingerprint density at radius 1 is 0.763 bits per heavy atom. The van der Waals surface area contributed by atoms with Gasteiger partial charge in [-0.3, -0.25) is 9.59 Å². The molecule has 59 heavy (non-hydrogen) atoms. The highest BCUT2D eigenvalue weighted by molar-refractivity contribution is 6.78. The molecule has 14 nitrogen and oxygen atoms in total. The van der Waals surface area contributed by atoms with Crippen LogP contribution in [-0.4, -0.2) is 100 Å². The van der Waals surface area contributed by atoms with Gasteiger partial charge < -0.3 is 39.9 Å². The molecule has 1 aliphatic carbocycles. The molecule has 4 amide bonds. The van der Waals surface area contributed by atoms with Crippen molar-refractivity contribution in [2.75, 3.05) is 20.4 Å². The Morgan fingerprint density at radius 3 is 1.80 bits per heavy atom. The number of nitrogens with zero attached hydrogens (tertiary/aromatic N) is 4. The number of aromatic amines is 2. The summed E-state index contributed by atoms with van der Waals surface area (Å²) in [6.07, 6.45) is 0.829. The van der Waals surface area contributed by atoms with Crippen molar-refractivity contribution < 1.29 is 33.0 Å². The smallest absolute Gasteiger partial charge is 0.407 e. The van der Waals surface area contributed by atoms with Gasteiger partial charge in [-0.2, -0.15) is 4.39 Å². The summed E-state index contributed by atoms with van der Waals surface area (Å²) < 4.78 is 25.1. The second kappa shape index (κ2) is 16.4. The van der Waals surface area contributed by atoms with E-state index in [1.54, 1.807) is 4.90 Å². The topological polar surface area (TPSA) is 175 Å². The Kier molecular flexibility index (Phi) is 11.7. The zero-order valence-corrected chi connectivity index (χ0v) is 36.3. The second-order valence-corrected chi connectivity index (χ2v) is 22.8. The number of alkyl carbamates (subject to hydrolysis) is 2. The highest BCUT2D eigenvalue weighted by atomic mass is 35.5. The normalized spacial score (nSPS) is 21.6. The molecule has 3 fully saturated rings. The van der Waals surface area contributed by atoms with Gasteiger partial charge in [0, 0.05) is 23.3 Å². The van der Waals surface area contributed by atoms with Gasteiger partial charge in [0.15, 0.2) is 5.15 Å². The van der Waals surface area contributed by atoms with Gasteiger partial charge >= 0.3 is 12.2 Å². The molecule has 6 atom stereocenters. The zero-order chi connectivity index (χ0) is 42.5. The third-order valence-corrected chi connectivity index (χ3v) is 14.8. The molecular weight excluding hydrogens is 795 g/mol. The lowest BCUT2D eigenvalue weighted by Crippen LogP contribution is -2.52. The van der Waals surface area contributed by atoms with E-state index in [9.17, 15) is 19.2 Å². The summed E-state index contributed by atoms with van der Waals surface area (Å²) in [4.78, 5) is 70.9. The van der Waals surface area contributed by atoms with Crippen molar-refractivity contribution in [3.63, 3.8) is 0 Å². The molecule has 7 rings (SSSR count). The van der Waals surface area contributed by atoms with E-state index < -0.39 is 44.3 Å². The maximum atomic E-state index is 15.5. The van der Waals surface area contributed by atoms with Crippen molar-refractivity contribution in [1.82, 2.24) is 40.4 Å². The molecule has 4 aromatic rings. The molecule has 0 bridgehead atoms.